The van der Waals surface area contributed by atoms with E-state index in [1.165, 1.54) is 24.0 Å². The topological polar surface area (TPSA) is 88.9 Å². The average molecular weight is 450 g/mol. The summed E-state index contributed by atoms with van der Waals surface area (Å²) in [5, 5.41) is 16.5. The number of carbonyl (C=O) groups excluding carboxylic acids is 1. The lowest BCUT2D eigenvalue weighted by Gasteiger charge is -2.05. The molecule has 1 amide bonds. The highest BCUT2D eigenvalue weighted by Crippen LogP contribution is 2.33. The number of aryl methyl sites for hydroxylation is 1. The molecule has 0 saturated carbocycles. The Labute approximate surface area is 187 Å². The van der Waals surface area contributed by atoms with Gasteiger partial charge in [-0.1, -0.05) is 53.7 Å². The zero-order valence-electron chi connectivity index (χ0n) is 16.2. The van der Waals surface area contributed by atoms with Crippen molar-refractivity contribution in [1.82, 2.24) is 5.01 Å². The number of hydrogen-bond donors (Lipinski definition) is 0. The Kier molecular flexibility index (Phi) is 5.79. The average Bonchev–Trinajstić information content (AvgIpc) is 3.33. The Bertz CT molecular complexity index is 1250. The summed E-state index contributed by atoms with van der Waals surface area (Å²) < 4.78 is 5.98. The van der Waals surface area contributed by atoms with Crippen LogP contribution < -0.4 is 0 Å². The van der Waals surface area contributed by atoms with Gasteiger partial charge in [-0.15, -0.1) is 0 Å². The van der Waals surface area contributed by atoms with Crippen molar-refractivity contribution in [2.24, 2.45) is 5.10 Å². The molecule has 2 aromatic carbocycles. The van der Waals surface area contributed by atoms with Crippen LogP contribution in [-0.4, -0.2) is 26.4 Å². The standard InChI is InChI=1S/C22H15N3O4S2/c1-14-6-8-15(9-7-14)12-20-21(26)24(22(30)31-20)23-13-16-10-11-19(29-16)17-4-2-3-5-18(17)25(27)28/h2-13H,1H3. The number of hydrazone groups is 1. The van der Waals surface area contributed by atoms with Crippen LogP contribution in [0, 0.1) is 17.0 Å². The van der Waals surface area contributed by atoms with Crippen LogP contribution in [0.15, 0.2) is 75.1 Å². The second-order valence-electron chi connectivity index (χ2n) is 6.63. The Morgan fingerprint density at radius 1 is 1.13 bits per heavy atom. The SMILES string of the molecule is Cc1ccc(C=C2SC(=S)N(N=Cc3ccc(-c4ccccc4[N+](=O)[O-])o3)C2=O)cc1. The molecule has 2 heterocycles. The first-order chi connectivity index (χ1) is 14.9. The van der Waals surface area contributed by atoms with E-state index in [2.05, 4.69) is 5.10 Å². The van der Waals surface area contributed by atoms with Crippen molar-refractivity contribution in [2.45, 2.75) is 6.92 Å². The fraction of sp³-hybridized carbons (Fsp3) is 0.0455. The number of nitro groups is 1. The molecule has 0 atom stereocenters. The summed E-state index contributed by atoms with van der Waals surface area (Å²) in [6.07, 6.45) is 3.13. The molecule has 154 valence electrons. The molecule has 0 unspecified atom stereocenters. The molecule has 7 nitrogen and oxygen atoms in total. The smallest absolute Gasteiger partial charge is 0.286 e. The van der Waals surface area contributed by atoms with Crippen LogP contribution in [0.4, 0.5) is 5.69 Å². The maximum atomic E-state index is 12.7. The first-order valence-electron chi connectivity index (χ1n) is 9.14. The second-order valence-corrected chi connectivity index (χ2v) is 8.30. The first kappa shape index (κ1) is 20.7. The minimum absolute atomic E-state index is 0.0569. The van der Waals surface area contributed by atoms with Crippen LogP contribution >= 0.6 is 24.0 Å². The maximum absolute atomic E-state index is 12.7. The number of rotatable bonds is 5. The Hall–Kier alpha value is -3.56. The number of benzene rings is 2. The highest BCUT2D eigenvalue weighted by atomic mass is 32.2. The monoisotopic (exact) mass is 449 g/mol. The van der Waals surface area contributed by atoms with Gasteiger partial charge in [-0.2, -0.15) is 10.1 Å². The summed E-state index contributed by atoms with van der Waals surface area (Å²) in [6.45, 7) is 1.99. The molecule has 0 radical (unpaired) electrons. The van der Waals surface area contributed by atoms with E-state index in [0.29, 0.717) is 26.3 Å². The van der Waals surface area contributed by atoms with E-state index in [0.717, 1.165) is 16.1 Å². The molecule has 1 aliphatic heterocycles. The minimum atomic E-state index is -0.466. The number of furan rings is 1. The van der Waals surface area contributed by atoms with Crippen molar-refractivity contribution in [2.75, 3.05) is 0 Å². The van der Waals surface area contributed by atoms with Crippen LogP contribution in [0.3, 0.4) is 0 Å². The normalized spacial score (nSPS) is 15.4. The lowest BCUT2D eigenvalue weighted by atomic mass is 10.1. The third-order valence-corrected chi connectivity index (χ3v) is 5.72. The molecule has 9 heteroatoms. The number of hydrogen-bond acceptors (Lipinski definition) is 7. The predicted molar refractivity (Wildman–Crippen MR) is 125 cm³/mol. The molecule has 0 bridgehead atoms. The molecule has 0 N–H and O–H groups in total. The van der Waals surface area contributed by atoms with Crippen molar-refractivity contribution >= 4 is 52.2 Å². The molecule has 0 aliphatic carbocycles. The van der Waals surface area contributed by atoms with Gasteiger partial charge in [0.25, 0.3) is 11.6 Å². The van der Waals surface area contributed by atoms with E-state index in [-0.39, 0.29) is 11.6 Å². The number of thioether (sulfide) groups is 1. The van der Waals surface area contributed by atoms with Crippen LogP contribution in [0.5, 0.6) is 0 Å². The number of para-hydroxylation sites is 1. The van der Waals surface area contributed by atoms with E-state index in [4.69, 9.17) is 16.6 Å². The van der Waals surface area contributed by atoms with E-state index >= 15 is 0 Å². The van der Waals surface area contributed by atoms with Gasteiger partial charge in [0.2, 0.25) is 0 Å². The number of carbonyl (C=O) groups is 1. The van der Waals surface area contributed by atoms with Gasteiger partial charge in [-0.3, -0.25) is 14.9 Å². The molecule has 1 aromatic heterocycles. The van der Waals surface area contributed by atoms with Crippen LogP contribution in [0.25, 0.3) is 17.4 Å². The van der Waals surface area contributed by atoms with E-state index in [1.807, 2.05) is 31.2 Å². The van der Waals surface area contributed by atoms with E-state index < -0.39 is 4.92 Å². The van der Waals surface area contributed by atoms with Gasteiger partial charge in [0.1, 0.15) is 11.5 Å². The van der Waals surface area contributed by atoms with Gasteiger partial charge >= 0.3 is 0 Å². The highest BCUT2D eigenvalue weighted by Gasteiger charge is 2.32. The van der Waals surface area contributed by atoms with Gasteiger partial charge in [-0.05, 0) is 49.0 Å². The largest absolute Gasteiger partial charge is 0.455 e. The Balaban J connectivity index is 1.53. The highest BCUT2D eigenvalue weighted by molar-refractivity contribution is 8.26. The molecule has 0 spiro atoms. The van der Waals surface area contributed by atoms with Gasteiger partial charge in [0.15, 0.2) is 4.32 Å². The summed E-state index contributed by atoms with van der Waals surface area (Å²) in [5.74, 6) is 0.348. The zero-order valence-corrected chi connectivity index (χ0v) is 17.9. The second kappa shape index (κ2) is 8.66. The maximum Gasteiger partial charge on any atom is 0.286 e. The quantitative estimate of drug-likeness (QED) is 0.170. The fourth-order valence-electron chi connectivity index (χ4n) is 2.90. The van der Waals surface area contributed by atoms with E-state index in [1.54, 1.807) is 36.4 Å². The van der Waals surface area contributed by atoms with Crippen molar-refractivity contribution in [3.63, 3.8) is 0 Å². The van der Waals surface area contributed by atoms with Gasteiger partial charge in [0, 0.05) is 6.07 Å². The molecule has 1 saturated heterocycles. The predicted octanol–water partition coefficient (Wildman–Crippen LogP) is 5.40. The van der Waals surface area contributed by atoms with Crippen molar-refractivity contribution in [3.05, 3.63) is 92.6 Å². The molecule has 1 fully saturated rings. The molecule has 3 aromatic rings. The van der Waals surface area contributed by atoms with E-state index in [9.17, 15) is 14.9 Å². The number of nitro benzene ring substituents is 1. The zero-order chi connectivity index (χ0) is 22.0. The van der Waals surface area contributed by atoms with Crippen molar-refractivity contribution in [1.29, 1.82) is 0 Å². The summed E-state index contributed by atoms with van der Waals surface area (Å²) in [7, 11) is 0. The Morgan fingerprint density at radius 3 is 2.61 bits per heavy atom. The third kappa shape index (κ3) is 4.47. The van der Waals surface area contributed by atoms with Crippen molar-refractivity contribution < 1.29 is 14.1 Å². The molecular weight excluding hydrogens is 434 g/mol. The van der Waals surface area contributed by atoms with Crippen LogP contribution in [0.1, 0.15) is 16.9 Å². The van der Waals surface area contributed by atoms with Crippen LogP contribution in [-0.2, 0) is 4.79 Å². The van der Waals surface area contributed by atoms with Crippen LogP contribution in [0.2, 0.25) is 0 Å². The summed E-state index contributed by atoms with van der Waals surface area (Å²) in [4.78, 5) is 23.9. The fourth-order valence-corrected chi connectivity index (χ4v) is 4.07. The molecular formula is C22H15N3O4S2. The van der Waals surface area contributed by atoms with Gasteiger partial charge in [0.05, 0.1) is 21.6 Å². The molecule has 31 heavy (non-hydrogen) atoms. The number of thiocarbonyl (C=S) groups is 1. The van der Waals surface area contributed by atoms with Gasteiger partial charge in [-0.25, -0.2) is 0 Å². The lowest BCUT2D eigenvalue weighted by Crippen LogP contribution is -2.22. The van der Waals surface area contributed by atoms with Crippen molar-refractivity contribution in [3.8, 4) is 11.3 Å². The van der Waals surface area contributed by atoms with Gasteiger partial charge < -0.3 is 4.42 Å². The minimum Gasteiger partial charge on any atom is -0.455 e. The molecule has 4 rings (SSSR count). The summed E-state index contributed by atoms with van der Waals surface area (Å²) in [5.41, 5.74) is 2.33. The number of nitrogens with zero attached hydrogens (tertiary/aromatic N) is 3. The number of amides is 1. The molecule has 1 aliphatic rings. The summed E-state index contributed by atoms with van der Waals surface area (Å²) in [6, 6.07) is 17.3. The summed E-state index contributed by atoms with van der Waals surface area (Å²) >= 11 is 6.46. The Morgan fingerprint density at radius 2 is 1.87 bits per heavy atom. The first-order valence-corrected chi connectivity index (χ1v) is 10.4. The third-order valence-electron chi connectivity index (χ3n) is 4.44. The lowest BCUT2D eigenvalue weighted by molar-refractivity contribution is -0.384.